The Balaban J connectivity index is 1.77. The minimum absolute atomic E-state index is 0.0114. The molecule has 0 saturated heterocycles. The first-order valence-electron chi connectivity index (χ1n) is 7.00. The van der Waals surface area contributed by atoms with Crippen LogP contribution in [0.5, 0.6) is 11.5 Å². The van der Waals surface area contributed by atoms with E-state index in [0.29, 0.717) is 18.8 Å². The Hall–Kier alpha value is -2.55. The van der Waals surface area contributed by atoms with Crippen LogP contribution in [0.2, 0.25) is 0 Å². The van der Waals surface area contributed by atoms with Gasteiger partial charge in [-0.2, -0.15) is 0 Å². The fraction of sp³-hybridized carbons (Fsp3) is 0.167. The lowest BCUT2D eigenvalue weighted by Crippen LogP contribution is -1.97. The average Bonchev–Trinajstić information content (AvgIpc) is 2.78. The molecule has 2 aromatic rings. The summed E-state index contributed by atoms with van der Waals surface area (Å²) in [6.07, 6.45) is 4.25. The Labute approximate surface area is 123 Å². The molecule has 0 aliphatic carbocycles. The van der Waals surface area contributed by atoms with Crippen molar-refractivity contribution in [2.75, 3.05) is 13.2 Å². The summed E-state index contributed by atoms with van der Waals surface area (Å²) < 4.78 is 11.2. The highest BCUT2D eigenvalue weighted by Gasteiger charge is 2.09. The van der Waals surface area contributed by atoms with E-state index in [1.54, 1.807) is 24.3 Å². The second-order valence-electron chi connectivity index (χ2n) is 4.82. The number of ketones is 1. The van der Waals surface area contributed by atoms with Crippen LogP contribution in [0.1, 0.15) is 22.3 Å². The second-order valence-corrected chi connectivity index (χ2v) is 4.82. The quantitative estimate of drug-likeness (QED) is 0.634. The van der Waals surface area contributed by atoms with Crippen LogP contribution in [0, 0.1) is 0 Å². The summed E-state index contributed by atoms with van der Waals surface area (Å²) in [7, 11) is 0. The van der Waals surface area contributed by atoms with Gasteiger partial charge in [-0.1, -0.05) is 42.5 Å². The van der Waals surface area contributed by atoms with Crippen molar-refractivity contribution in [3.05, 3.63) is 65.7 Å². The number of carbonyl (C=O) groups is 1. The van der Waals surface area contributed by atoms with Crippen molar-refractivity contribution in [1.82, 2.24) is 0 Å². The van der Waals surface area contributed by atoms with Gasteiger partial charge in [0, 0.05) is 12.0 Å². The number of fused-ring (bicyclic) bond motifs is 1. The topological polar surface area (TPSA) is 35.5 Å². The minimum atomic E-state index is -0.0114. The molecule has 0 fully saturated rings. The number of hydrogen-bond donors (Lipinski definition) is 0. The molecule has 21 heavy (non-hydrogen) atoms. The Bertz CT molecular complexity index is 659. The molecule has 3 rings (SSSR count). The molecule has 0 bridgehead atoms. The van der Waals surface area contributed by atoms with Gasteiger partial charge in [0.15, 0.2) is 17.3 Å². The van der Waals surface area contributed by atoms with Crippen LogP contribution in [0.4, 0.5) is 0 Å². The van der Waals surface area contributed by atoms with Crippen molar-refractivity contribution < 1.29 is 14.3 Å². The summed E-state index contributed by atoms with van der Waals surface area (Å²) in [5.74, 6) is 1.49. The molecule has 0 aromatic heterocycles. The van der Waals surface area contributed by atoms with E-state index in [1.165, 1.54) is 0 Å². The van der Waals surface area contributed by atoms with Gasteiger partial charge in [-0.05, 0) is 23.8 Å². The van der Waals surface area contributed by atoms with Gasteiger partial charge >= 0.3 is 0 Å². The first-order chi connectivity index (χ1) is 10.3. The Morgan fingerprint density at radius 3 is 2.52 bits per heavy atom. The molecule has 0 amide bonds. The molecule has 106 valence electrons. The molecular formula is C18H16O3. The van der Waals surface area contributed by atoms with E-state index >= 15 is 0 Å². The summed E-state index contributed by atoms with van der Waals surface area (Å²) in [6, 6.07) is 14.9. The zero-order chi connectivity index (χ0) is 14.5. The first kappa shape index (κ1) is 13.4. The van der Waals surface area contributed by atoms with Crippen molar-refractivity contribution in [2.24, 2.45) is 0 Å². The van der Waals surface area contributed by atoms with Gasteiger partial charge in [-0.3, -0.25) is 4.79 Å². The van der Waals surface area contributed by atoms with Crippen molar-refractivity contribution in [1.29, 1.82) is 0 Å². The molecule has 0 saturated carbocycles. The lowest BCUT2D eigenvalue weighted by molar-refractivity contribution is 0.104. The lowest BCUT2D eigenvalue weighted by Gasteiger charge is -2.07. The maximum absolute atomic E-state index is 12.0. The van der Waals surface area contributed by atoms with Crippen LogP contribution in [-0.2, 0) is 0 Å². The molecule has 0 N–H and O–H groups in total. The fourth-order valence-electron chi connectivity index (χ4n) is 2.15. The normalized spacial score (nSPS) is 13.9. The van der Waals surface area contributed by atoms with Crippen LogP contribution in [0.25, 0.3) is 6.08 Å². The second kappa shape index (κ2) is 6.27. The fourth-order valence-corrected chi connectivity index (χ4v) is 2.15. The van der Waals surface area contributed by atoms with Gasteiger partial charge in [-0.25, -0.2) is 0 Å². The predicted molar refractivity (Wildman–Crippen MR) is 81.9 cm³/mol. The van der Waals surface area contributed by atoms with E-state index in [4.69, 9.17) is 9.47 Å². The molecule has 3 nitrogen and oxygen atoms in total. The van der Waals surface area contributed by atoms with Gasteiger partial charge in [0.2, 0.25) is 0 Å². The zero-order valence-electron chi connectivity index (χ0n) is 11.6. The highest BCUT2D eigenvalue weighted by molar-refractivity contribution is 6.06. The highest BCUT2D eigenvalue weighted by Crippen LogP contribution is 2.30. The summed E-state index contributed by atoms with van der Waals surface area (Å²) >= 11 is 0. The number of hydrogen-bond acceptors (Lipinski definition) is 3. The van der Waals surface area contributed by atoms with Gasteiger partial charge in [0.1, 0.15) is 0 Å². The van der Waals surface area contributed by atoms with Crippen molar-refractivity contribution in [3.63, 3.8) is 0 Å². The largest absolute Gasteiger partial charge is 0.490 e. The molecule has 0 atom stereocenters. The van der Waals surface area contributed by atoms with Crippen molar-refractivity contribution in [2.45, 2.75) is 6.42 Å². The van der Waals surface area contributed by atoms with Gasteiger partial charge in [0.25, 0.3) is 0 Å². The van der Waals surface area contributed by atoms with Crippen LogP contribution >= 0.6 is 0 Å². The SMILES string of the molecule is O=C(/C=C/c1ccc2c(c1)OCCCO2)c1ccccc1. The van der Waals surface area contributed by atoms with Gasteiger partial charge < -0.3 is 9.47 Å². The number of ether oxygens (including phenoxy) is 2. The van der Waals surface area contributed by atoms with Crippen LogP contribution in [0.15, 0.2) is 54.6 Å². The predicted octanol–water partition coefficient (Wildman–Crippen LogP) is 3.74. The third-order valence-corrected chi connectivity index (χ3v) is 3.26. The van der Waals surface area contributed by atoms with E-state index in [9.17, 15) is 4.79 Å². The van der Waals surface area contributed by atoms with E-state index in [0.717, 1.165) is 23.5 Å². The Morgan fingerprint density at radius 2 is 1.71 bits per heavy atom. The van der Waals surface area contributed by atoms with E-state index in [1.807, 2.05) is 36.4 Å². The van der Waals surface area contributed by atoms with Crippen LogP contribution in [0.3, 0.4) is 0 Å². The highest BCUT2D eigenvalue weighted by atomic mass is 16.5. The van der Waals surface area contributed by atoms with Crippen LogP contribution in [-0.4, -0.2) is 19.0 Å². The first-order valence-corrected chi connectivity index (χ1v) is 7.00. The third kappa shape index (κ3) is 3.31. The number of benzene rings is 2. The van der Waals surface area contributed by atoms with E-state index in [2.05, 4.69) is 0 Å². The molecule has 1 heterocycles. The van der Waals surface area contributed by atoms with Gasteiger partial charge in [0.05, 0.1) is 13.2 Å². The monoisotopic (exact) mass is 280 g/mol. The Kier molecular flexibility index (Phi) is 4.01. The molecule has 0 unspecified atom stereocenters. The van der Waals surface area contributed by atoms with Crippen molar-refractivity contribution in [3.8, 4) is 11.5 Å². The van der Waals surface area contributed by atoms with Crippen LogP contribution < -0.4 is 9.47 Å². The molecule has 1 aliphatic heterocycles. The number of rotatable bonds is 3. The molecule has 2 aromatic carbocycles. The smallest absolute Gasteiger partial charge is 0.185 e. The molecule has 0 spiro atoms. The summed E-state index contributed by atoms with van der Waals surface area (Å²) in [5.41, 5.74) is 1.60. The molecule has 0 radical (unpaired) electrons. The molecule has 1 aliphatic rings. The van der Waals surface area contributed by atoms with E-state index in [-0.39, 0.29) is 5.78 Å². The Morgan fingerprint density at radius 1 is 0.952 bits per heavy atom. The third-order valence-electron chi connectivity index (χ3n) is 3.26. The maximum Gasteiger partial charge on any atom is 0.185 e. The number of allylic oxidation sites excluding steroid dienone is 1. The summed E-state index contributed by atoms with van der Waals surface area (Å²) in [4.78, 5) is 12.0. The lowest BCUT2D eigenvalue weighted by atomic mass is 10.1. The standard InChI is InChI=1S/C18H16O3/c19-16(15-5-2-1-3-6-15)9-7-14-8-10-17-18(13-14)21-12-4-11-20-17/h1-3,5-10,13H,4,11-12H2/b9-7+. The zero-order valence-corrected chi connectivity index (χ0v) is 11.6. The summed E-state index contributed by atoms with van der Waals surface area (Å²) in [5, 5.41) is 0. The average molecular weight is 280 g/mol. The van der Waals surface area contributed by atoms with Crippen molar-refractivity contribution >= 4 is 11.9 Å². The van der Waals surface area contributed by atoms with Gasteiger partial charge in [-0.15, -0.1) is 0 Å². The number of carbonyl (C=O) groups excluding carboxylic acids is 1. The summed E-state index contributed by atoms with van der Waals surface area (Å²) in [6.45, 7) is 1.33. The minimum Gasteiger partial charge on any atom is -0.490 e. The van der Waals surface area contributed by atoms with E-state index < -0.39 is 0 Å². The molecule has 3 heteroatoms. The maximum atomic E-state index is 12.0. The molecular weight excluding hydrogens is 264 g/mol.